The quantitative estimate of drug-likeness (QED) is 0.856. The fourth-order valence-corrected chi connectivity index (χ4v) is 3.23. The van der Waals surface area contributed by atoms with E-state index in [0.717, 1.165) is 12.2 Å². The van der Waals surface area contributed by atoms with Gasteiger partial charge in [0.05, 0.1) is 5.54 Å². The minimum Gasteiger partial charge on any atom is -0.459 e. The van der Waals surface area contributed by atoms with Crippen LogP contribution in [0.15, 0.2) is 21.9 Å². The molecule has 0 saturated heterocycles. The first-order chi connectivity index (χ1) is 10.3. The van der Waals surface area contributed by atoms with Crippen LogP contribution in [0.1, 0.15) is 43.4 Å². The minimum absolute atomic E-state index is 0.195. The number of nitrogens with zero attached hydrogens (tertiary/aromatic N) is 1. The average Bonchev–Trinajstić information content (AvgIpc) is 3.06. The number of nitrogens with one attached hydrogen (secondary N) is 1. The normalized spacial score (nSPS) is 14.1. The van der Waals surface area contributed by atoms with Crippen molar-refractivity contribution in [2.45, 2.75) is 39.7 Å². The number of carbonyl (C=O) groups is 1. The summed E-state index contributed by atoms with van der Waals surface area (Å²) in [5.74, 6) is 1.76. The summed E-state index contributed by atoms with van der Waals surface area (Å²) in [6.07, 6.45) is 0.823. The molecular formula is C16H23N3O2S. The summed E-state index contributed by atoms with van der Waals surface area (Å²) in [4.78, 5) is 16.8. The summed E-state index contributed by atoms with van der Waals surface area (Å²) < 4.78 is 5.53. The molecule has 2 rings (SSSR count). The van der Waals surface area contributed by atoms with Gasteiger partial charge in [-0.3, -0.25) is 4.79 Å². The van der Waals surface area contributed by atoms with Crippen LogP contribution in [0.5, 0.6) is 0 Å². The van der Waals surface area contributed by atoms with Gasteiger partial charge in [0.2, 0.25) is 0 Å². The SMILES string of the molecule is Cc1ccc(-c2nc(C(=O)NC(C)(CN)CC(C)C)cs2)o1. The lowest BCUT2D eigenvalue weighted by Gasteiger charge is -2.30. The Labute approximate surface area is 134 Å². The molecule has 0 fully saturated rings. The molecular weight excluding hydrogens is 298 g/mol. The van der Waals surface area contributed by atoms with Crippen molar-refractivity contribution in [3.8, 4) is 10.8 Å². The van der Waals surface area contributed by atoms with Crippen LogP contribution in [0.2, 0.25) is 0 Å². The van der Waals surface area contributed by atoms with Crippen molar-refractivity contribution in [3.63, 3.8) is 0 Å². The lowest BCUT2D eigenvalue weighted by Crippen LogP contribution is -2.52. The standard InChI is InChI=1S/C16H23N3O2S/c1-10(2)7-16(4,9-17)19-14(20)12-8-22-15(18-12)13-6-5-11(3)21-13/h5-6,8,10H,7,9,17H2,1-4H3,(H,19,20). The Kier molecular flexibility index (Phi) is 5.03. The molecule has 0 aromatic carbocycles. The van der Waals surface area contributed by atoms with E-state index in [1.54, 1.807) is 5.38 Å². The number of hydrogen-bond donors (Lipinski definition) is 2. The number of carbonyl (C=O) groups excluding carboxylic acids is 1. The van der Waals surface area contributed by atoms with Gasteiger partial charge in [-0.05, 0) is 38.3 Å². The summed E-state index contributed by atoms with van der Waals surface area (Å²) in [6.45, 7) is 8.46. The third-order valence-electron chi connectivity index (χ3n) is 3.41. The van der Waals surface area contributed by atoms with Crippen LogP contribution in [0.3, 0.4) is 0 Å². The van der Waals surface area contributed by atoms with E-state index in [9.17, 15) is 4.79 Å². The van der Waals surface area contributed by atoms with Gasteiger partial charge in [0.25, 0.3) is 5.91 Å². The van der Waals surface area contributed by atoms with Crippen LogP contribution < -0.4 is 11.1 Å². The molecule has 1 atom stereocenters. The fourth-order valence-electron chi connectivity index (χ4n) is 2.47. The summed E-state index contributed by atoms with van der Waals surface area (Å²) in [5.41, 5.74) is 5.81. The third-order valence-corrected chi connectivity index (χ3v) is 4.27. The van der Waals surface area contributed by atoms with Crippen LogP contribution >= 0.6 is 11.3 Å². The van der Waals surface area contributed by atoms with Crippen molar-refractivity contribution in [1.82, 2.24) is 10.3 Å². The molecule has 6 heteroatoms. The maximum atomic E-state index is 12.4. The van der Waals surface area contributed by atoms with Gasteiger partial charge in [-0.2, -0.15) is 0 Å². The number of nitrogens with two attached hydrogens (primary N) is 1. The molecule has 0 radical (unpaired) electrons. The maximum Gasteiger partial charge on any atom is 0.271 e. The number of thiazole rings is 1. The van der Waals surface area contributed by atoms with Crippen LogP contribution in [0.25, 0.3) is 10.8 Å². The smallest absolute Gasteiger partial charge is 0.271 e. The molecule has 1 amide bonds. The topological polar surface area (TPSA) is 81.2 Å². The lowest BCUT2D eigenvalue weighted by atomic mass is 9.90. The molecule has 0 aliphatic heterocycles. The number of rotatable bonds is 6. The van der Waals surface area contributed by atoms with Crippen molar-refractivity contribution in [2.24, 2.45) is 11.7 Å². The first-order valence-corrected chi connectivity index (χ1v) is 8.26. The zero-order chi connectivity index (χ0) is 16.3. The van der Waals surface area contributed by atoms with Gasteiger partial charge >= 0.3 is 0 Å². The van der Waals surface area contributed by atoms with Gasteiger partial charge in [0, 0.05) is 11.9 Å². The highest BCUT2D eigenvalue weighted by Crippen LogP contribution is 2.26. The predicted molar refractivity (Wildman–Crippen MR) is 88.9 cm³/mol. The highest BCUT2D eigenvalue weighted by atomic mass is 32.1. The third kappa shape index (κ3) is 3.96. The second-order valence-corrected chi connectivity index (χ2v) is 7.12. The summed E-state index contributed by atoms with van der Waals surface area (Å²) in [6, 6.07) is 3.74. The highest BCUT2D eigenvalue weighted by Gasteiger charge is 2.27. The Morgan fingerprint density at radius 2 is 2.23 bits per heavy atom. The van der Waals surface area contributed by atoms with E-state index >= 15 is 0 Å². The molecule has 0 bridgehead atoms. The molecule has 0 saturated carbocycles. The molecule has 120 valence electrons. The molecule has 2 aromatic rings. The monoisotopic (exact) mass is 321 g/mol. The van der Waals surface area contributed by atoms with Gasteiger partial charge in [-0.15, -0.1) is 11.3 Å². The largest absolute Gasteiger partial charge is 0.459 e. The molecule has 0 spiro atoms. The number of furan rings is 1. The summed E-state index contributed by atoms with van der Waals surface area (Å²) in [7, 11) is 0. The number of aromatic nitrogens is 1. The van der Waals surface area contributed by atoms with Crippen molar-refractivity contribution in [3.05, 3.63) is 29.0 Å². The van der Waals surface area contributed by atoms with E-state index in [4.69, 9.17) is 10.2 Å². The number of hydrogen-bond acceptors (Lipinski definition) is 5. The Balaban J connectivity index is 2.11. The molecule has 3 N–H and O–H groups in total. The Morgan fingerprint density at radius 1 is 1.50 bits per heavy atom. The van der Waals surface area contributed by atoms with E-state index in [1.807, 2.05) is 26.0 Å². The molecule has 1 unspecified atom stereocenters. The van der Waals surface area contributed by atoms with Crippen molar-refractivity contribution in [1.29, 1.82) is 0 Å². The van der Waals surface area contributed by atoms with E-state index in [1.165, 1.54) is 11.3 Å². The average molecular weight is 321 g/mol. The number of amides is 1. The van der Waals surface area contributed by atoms with Crippen LogP contribution in [0.4, 0.5) is 0 Å². The molecule has 22 heavy (non-hydrogen) atoms. The van der Waals surface area contributed by atoms with Crippen LogP contribution in [0, 0.1) is 12.8 Å². The molecule has 2 heterocycles. The second kappa shape index (κ2) is 6.62. The van der Waals surface area contributed by atoms with Crippen LogP contribution in [-0.2, 0) is 0 Å². The molecule has 0 aliphatic carbocycles. The Morgan fingerprint density at radius 3 is 2.77 bits per heavy atom. The fraction of sp³-hybridized carbons (Fsp3) is 0.500. The van der Waals surface area contributed by atoms with E-state index < -0.39 is 5.54 Å². The van der Waals surface area contributed by atoms with Crippen LogP contribution in [-0.4, -0.2) is 23.0 Å². The van der Waals surface area contributed by atoms with Gasteiger partial charge < -0.3 is 15.5 Å². The summed E-state index contributed by atoms with van der Waals surface area (Å²) in [5, 5.41) is 5.46. The Hall–Kier alpha value is -1.66. The van der Waals surface area contributed by atoms with Gasteiger partial charge in [0.15, 0.2) is 10.8 Å². The van der Waals surface area contributed by atoms with Gasteiger partial charge in [-0.25, -0.2) is 4.98 Å². The lowest BCUT2D eigenvalue weighted by molar-refractivity contribution is 0.0894. The molecule has 5 nitrogen and oxygen atoms in total. The summed E-state index contributed by atoms with van der Waals surface area (Å²) >= 11 is 1.39. The van der Waals surface area contributed by atoms with E-state index in [-0.39, 0.29) is 5.91 Å². The van der Waals surface area contributed by atoms with Gasteiger partial charge in [0.1, 0.15) is 11.5 Å². The zero-order valence-corrected chi connectivity index (χ0v) is 14.3. The van der Waals surface area contributed by atoms with Crippen molar-refractivity contribution >= 4 is 17.2 Å². The first-order valence-electron chi connectivity index (χ1n) is 7.38. The maximum absolute atomic E-state index is 12.4. The van der Waals surface area contributed by atoms with E-state index in [2.05, 4.69) is 24.1 Å². The Bertz CT molecular complexity index is 647. The van der Waals surface area contributed by atoms with Crippen molar-refractivity contribution in [2.75, 3.05) is 6.54 Å². The predicted octanol–water partition coefficient (Wildman–Crippen LogP) is 3.20. The number of aryl methyl sites for hydroxylation is 1. The van der Waals surface area contributed by atoms with Gasteiger partial charge in [-0.1, -0.05) is 13.8 Å². The minimum atomic E-state index is -0.420. The molecule has 2 aromatic heterocycles. The second-order valence-electron chi connectivity index (χ2n) is 6.27. The highest BCUT2D eigenvalue weighted by molar-refractivity contribution is 7.13. The van der Waals surface area contributed by atoms with Crippen molar-refractivity contribution < 1.29 is 9.21 Å². The first kappa shape index (κ1) is 16.7. The zero-order valence-electron chi connectivity index (χ0n) is 13.5. The molecule has 0 aliphatic rings. The van der Waals surface area contributed by atoms with E-state index in [0.29, 0.717) is 28.9 Å².